The van der Waals surface area contributed by atoms with Crippen LogP contribution in [-0.2, 0) is 13.6 Å². The molecule has 0 aliphatic heterocycles. The smallest absolute Gasteiger partial charge is 0.201 e. The van der Waals surface area contributed by atoms with E-state index in [9.17, 15) is 0 Å². The minimum Gasteiger partial charge on any atom is -0.399 e. The molecule has 0 radical (unpaired) electrons. The fourth-order valence-electron chi connectivity index (χ4n) is 2.74. The molecule has 6 heteroatoms. The molecule has 120 valence electrons. The Morgan fingerprint density at radius 3 is 2.71 bits per heavy atom. The van der Waals surface area contributed by atoms with Crippen molar-refractivity contribution >= 4 is 22.7 Å². The van der Waals surface area contributed by atoms with Crippen LogP contribution >= 0.6 is 0 Å². The van der Waals surface area contributed by atoms with Crippen LogP contribution in [0.4, 0.5) is 11.6 Å². The highest BCUT2D eigenvalue weighted by Crippen LogP contribution is 2.20. The van der Waals surface area contributed by atoms with Gasteiger partial charge in [0.2, 0.25) is 5.95 Å². The van der Waals surface area contributed by atoms with Crippen LogP contribution in [0.25, 0.3) is 22.3 Å². The van der Waals surface area contributed by atoms with Gasteiger partial charge in [0.1, 0.15) is 0 Å². The predicted octanol–water partition coefficient (Wildman–Crippen LogP) is 3.16. The van der Waals surface area contributed by atoms with Gasteiger partial charge in [0, 0.05) is 25.5 Å². The molecule has 2 heterocycles. The third-order valence-corrected chi connectivity index (χ3v) is 4.04. The van der Waals surface area contributed by atoms with Crippen LogP contribution in [0.1, 0.15) is 5.56 Å². The van der Waals surface area contributed by atoms with E-state index in [-0.39, 0.29) is 0 Å². The maximum atomic E-state index is 5.78. The molecule has 4 aromatic rings. The van der Waals surface area contributed by atoms with Crippen molar-refractivity contribution in [2.24, 2.45) is 7.05 Å². The Kier molecular flexibility index (Phi) is 3.42. The van der Waals surface area contributed by atoms with Gasteiger partial charge in [0.05, 0.1) is 16.7 Å². The van der Waals surface area contributed by atoms with Gasteiger partial charge in [-0.1, -0.05) is 24.3 Å². The Balaban J connectivity index is 1.48. The topological polar surface area (TPSA) is 84.6 Å². The molecule has 0 amide bonds. The number of nitrogens with two attached hydrogens (primary N) is 1. The Hall–Kier alpha value is -3.28. The van der Waals surface area contributed by atoms with Gasteiger partial charge in [-0.3, -0.25) is 4.68 Å². The molecule has 0 unspecified atom stereocenters. The van der Waals surface area contributed by atoms with Gasteiger partial charge in [-0.05, 0) is 35.4 Å². The summed E-state index contributed by atoms with van der Waals surface area (Å²) in [6.07, 6.45) is 1.80. The molecular formula is C18H18N6. The zero-order chi connectivity index (χ0) is 16.5. The van der Waals surface area contributed by atoms with E-state index >= 15 is 0 Å². The first kappa shape index (κ1) is 14.3. The number of nitrogen functional groups attached to an aromatic ring is 1. The molecule has 0 saturated heterocycles. The van der Waals surface area contributed by atoms with Gasteiger partial charge >= 0.3 is 0 Å². The highest BCUT2D eigenvalue weighted by molar-refractivity contribution is 5.80. The number of fused-ring (bicyclic) bond motifs is 1. The maximum Gasteiger partial charge on any atom is 0.201 e. The number of imidazole rings is 1. The molecule has 0 saturated carbocycles. The lowest BCUT2D eigenvalue weighted by Gasteiger charge is -2.06. The Bertz CT molecular complexity index is 980. The number of benzene rings is 2. The third-order valence-electron chi connectivity index (χ3n) is 4.04. The van der Waals surface area contributed by atoms with Crippen LogP contribution in [0, 0.1) is 0 Å². The van der Waals surface area contributed by atoms with Gasteiger partial charge in [-0.15, -0.1) is 0 Å². The van der Waals surface area contributed by atoms with Crippen molar-refractivity contribution in [1.82, 2.24) is 19.7 Å². The van der Waals surface area contributed by atoms with E-state index < -0.39 is 0 Å². The summed E-state index contributed by atoms with van der Waals surface area (Å²) in [4.78, 5) is 7.75. The molecule has 0 bridgehead atoms. The van der Waals surface area contributed by atoms with Crippen molar-refractivity contribution in [2.75, 3.05) is 11.1 Å². The molecule has 4 N–H and O–H groups in total. The molecule has 0 aliphatic carbocycles. The molecule has 0 fully saturated rings. The summed E-state index contributed by atoms with van der Waals surface area (Å²) in [7, 11) is 1.94. The summed E-state index contributed by atoms with van der Waals surface area (Å²) in [5.41, 5.74) is 11.8. The lowest BCUT2D eigenvalue weighted by Crippen LogP contribution is -2.01. The van der Waals surface area contributed by atoms with Gasteiger partial charge in [-0.2, -0.15) is 5.10 Å². The van der Waals surface area contributed by atoms with Crippen molar-refractivity contribution in [3.63, 3.8) is 0 Å². The van der Waals surface area contributed by atoms with E-state index in [1.165, 1.54) is 5.56 Å². The molecule has 2 aromatic heterocycles. The van der Waals surface area contributed by atoms with Crippen LogP contribution in [0.15, 0.2) is 54.7 Å². The van der Waals surface area contributed by atoms with Crippen LogP contribution in [0.3, 0.4) is 0 Å². The van der Waals surface area contributed by atoms with E-state index in [4.69, 9.17) is 5.73 Å². The number of anilines is 2. The van der Waals surface area contributed by atoms with Crippen LogP contribution in [-0.4, -0.2) is 19.7 Å². The molecule has 0 aliphatic rings. The second kappa shape index (κ2) is 5.73. The summed E-state index contributed by atoms with van der Waals surface area (Å²) >= 11 is 0. The summed E-state index contributed by atoms with van der Waals surface area (Å²) in [6.45, 7) is 0.695. The molecule has 0 atom stereocenters. The molecule has 2 aromatic carbocycles. The van der Waals surface area contributed by atoms with Gasteiger partial charge in [0.15, 0.2) is 0 Å². The van der Waals surface area contributed by atoms with Crippen LogP contribution in [0.2, 0.25) is 0 Å². The molecule has 24 heavy (non-hydrogen) atoms. The highest BCUT2D eigenvalue weighted by atomic mass is 15.3. The number of hydrogen-bond acceptors (Lipinski definition) is 4. The normalized spacial score (nSPS) is 11.0. The lowest BCUT2D eigenvalue weighted by atomic mass is 10.1. The number of rotatable bonds is 4. The first-order valence-corrected chi connectivity index (χ1v) is 7.75. The monoisotopic (exact) mass is 318 g/mol. The van der Waals surface area contributed by atoms with Gasteiger partial charge in [0.25, 0.3) is 0 Å². The van der Waals surface area contributed by atoms with E-state index in [0.29, 0.717) is 12.2 Å². The van der Waals surface area contributed by atoms with Crippen molar-refractivity contribution in [3.8, 4) is 11.3 Å². The minimum absolute atomic E-state index is 0.695. The van der Waals surface area contributed by atoms with E-state index in [1.807, 2.05) is 36.0 Å². The summed E-state index contributed by atoms with van der Waals surface area (Å²) in [6, 6.07) is 16.1. The molecule has 0 spiro atoms. The average molecular weight is 318 g/mol. The summed E-state index contributed by atoms with van der Waals surface area (Å²) in [5.74, 6) is 0.742. The lowest BCUT2D eigenvalue weighted by molar-refractivity contribution is 0.776. The van der Waals surface area contributed by atoms with Gasteiger partial charge < -0.3 is 16.0 Å². The van der Waals surface area contributed by atoms with Crippen molar-refractivity contribution in [3.05, 3.63) is 60.3 Å². The summed E-state index contributed by atoms with van der Waals surface area (Å²) < 4.78 is 1.87. The quantitative estimate of drug-likeness (QED) is 0.505. The third kappa shape index (κ3) is 2.69. The summed E-state index contributed by atoms with van der Waals surface area (Å²) in [5, 5.41) is 7.51. The van der Waals surface area contributed by atoms with Crippen molar-refractivity contribution in [1.29, 1.82) is 0 Å². The zero-order valence-electron chi connectivity index (χ0n) is 13.3. The van der Waals surface area contributed by atoms with Crippen LogP contribution in [0.5, 0.6) is 0 Å². The fourth-order valence-corrected chi connectivity index (χ4v) is 2.74. The average Bonchev–Trinajstić information content (AvgIpc) is 3.19. The Labute approximate surface area is 139 Å². The number of aromatic nitrogens is 4. The van der Waals surface area contributed by atoms with E-state index in [1.54, 1.807) is 6.20 Å². The molecule has 4 rings (SSSR count). The van der Waals surface area contributed by atoms with Crippen molar-refractivity contribution < 1.29 is 0 Å². The predicted molar refractivity (Wildman–Crippen MR) is 96.5 cm³/mol. The number of nitrogens with one attached hydrogen (secondary N) is 2. The zero-order valence-corrected chi connectivity index (χ0v) is 13.3. The Morgan fingerprint density at radius 2 is 1.96 bits per heavy atom. The first-order chi connectivity index (χ1) is 11.7. The standard InChI is InChI=1S/C18H18N6/c1-24-17(8-9-21-24)13-4-2-12(3-5-13)11-20-18-22-15-7-6-14(19)10-16(15)23-18/h2-10H,11,19H2,1H3,(H2,20,22,23). The highest BCUT2D eigenvalue weighted by Gasteiger charge is 2.04. The number of aromatic amines is 1. The van der Waals surface area contributed by atoms with E-state index in [0.717, 1.165) is 28.2 Å². The van der Waals surface area contributed by atoms with E-state index in [2.05, 4.69) is 44.6 Å². The second-order valence-corrected chi connectivity index (χ2v) is 5.75. The molecular weight excluding hydrogens is 300 g/mol. The number of aryl methyl sites for hydroxylation is 1. The van der Waals surface area contributed by atoms with Crippen molar-refractivity contribution in [2.45, 2.75) is 6.54 Å². The first-order valence-electron chi connectivity index (χ1n) is 7.75. The Morgan fingerprint density at radius 1 is 1.12 bits per heavy atom. The number of H-pyrrole nitrogens is 1. The van der Waals surface area contributed by atoms with Gasteiger partial charge in [-0.25, -0.2) is 4.98 Å². The minimum atomic E-state index is 0.695. The van der Waals surface area contributed by atoms with Crippen LogP contribution < -0.4 is 11.1 Å². The SMILES string of the molecule is Cn1nccc1-c1ccc(CNc2nc3cc(N)ccc3[nH]2)cc1. The largest absolute Gasteiger partial charge is 0.399 e. The second-order valence-electron chi connectivity index (χ2n) is 5.75. The maximum absolute atomic E-state index is 5.78. The fraction of sp³-hybridized carbons (Fsp3) is 0.111. The molecule has 6 nitrogen and oxygen atoms in total. The number of hydrogen-bond donors (Lipinski definition) is 3. The number of nitrogens with zero attached hydrogens (tertiary/aromatic N) is 3.